The average molecular weight is 183 g/mol. The fourth-order valence-electron chi connectivity index (χ4n) is 1.77. The van der Waals surface area contributed by atoms with Crippen molar-refractivity contribution >= 4 is 5.91 Å². The van der Waals surface area contributed by atoms with E-state index in [2.05, 4.69) is 26.1 Å². The molecule has 2 heteroatoms. The third-order valence-electron chi connectivity index (χ3n) is 2.56. The van der Waals surface area contributed by atoms with Crippen LogP contribution in [0, 0.1) is 5.41 Å². The van der Waals surface area contributed by atoms with Gasteiger partial charge in [0.1, 0.15) is 0 Å². The van der Waals surface area contributed by atoms with Crippen LogP contribution in [0.25, 0.3) is 0 Å². The molecule has 1 fully saturated rings. The van der Waals surface area contributed by atoms with Crippen molar-refractivity contribution in [1.82, 2.24) is 5.32 Å². The summed E-state index contributed by atoms with van der Waals surface area (Å²) >= 11 is 0. The monoisotopic (exact) mass is 183 g/mol. The molecule has 0 spiro atoms. The number of hydrogen-bond donors (Lipinski definition) is 1. The molecule has 0 aromatic rings. The minimum absolute atomic E-state index is 0.237. The van der Waals surface area contributed by atoms with Crippen molar-refractivity contribution in [3.05, 3.63) is 0 Å². The van der Waals surface area contributed by atoms with Gasteiger partial charge in [-0.25, -0.2) is 0 Å². The van der Waals surface area contributed by atoms with Crippen LogP contribution in [-0.2, 0) is 4.79 Å². The lowest BCUT2D eigenvalue weighted by Crippen LogP contribution is -2.25. The Balaban J connectivity index is 2.10. The van der Waals surface area contributed by atoms with Gasteiger partial charge in [0.25, 0.3) is 0 Å². The first-order valence-corrected chi connectivity index (χ1v) is 5.27. The van der Waals surface area contributed by atoms with E-state index in [9.17, 15) is 4.79 Å². The molecule has 1 rings (SSSR count). The Morgan fingerprint density at radius 3 is 2.62 bits per heavy atom. The van der Waals surface area contributed by atoms with Gasteiger partial charge in [-0.05, 0) is 24.7 Å². The number of carbonyl (C=O) groups is 1. The highest BCUT2D eigenvalue weighted by Crippen LogP contribution is 2.23. The molecule has 1 unspecified atom stereocenters. The summed E-state index contributed by atoms with van der Waals surface area (Å²) in [7, 11) is 0. The van der Waals surface area contributed by atoms with Gasteiger partial charge < -0.3 is 5.32 Å². The second-order valence-corrected chi connectivity index (χ2v) is 5.26. The zero-order valence-electron chi connectivity index (χ0n) is 9.02. The highest BCUT2D eigenvalue weighted by Gasteiger charge is 2.20. The van der Waals surface area contributed by atoms with Gasteiger partial charge in [0, 0.05) is 12.5 Å². The van der Waals surface area contributed by atoms with Crippen molar-refractivity contribution in [3.8, 4) is 0 Å². The maximum absolute atomic E-state index is 10.9. The second kappa shape index (κ2) is 4.12. The van der Waals surface area contributed by atoms with Crippen molar-refractivity contribution in [3.63, 3.8) is 0 Å². The molecule has 1 N–H and O–H groups in total. The quantitative estimate of drug-likeness (QED) is 0.715. The lowest BCUT2D eigenvalue weighted by molar-refractivity contribution is -0.119. The van der Waals surface area contributed by atoms with E-state index >= 15 is 0 Å². The fourth-order valence-corrected chi connectivity index (χ4v) is 1.77. The molecule has 0 radical (unpaired) electrons. The van der Waals surface area contributed by atoms with E-state index < -0.39 is 0 Å². The first-order chi connectivity index (χ1) is 5.97. The Kier molecular flexibility index (Phi) is 3.34. The number of nitrogens with one attached hydrogen (secondary N) is 1. The Labute approximate surface area is 81.1 Å². The van der Waals surface area contributed by atoms with Crippen LogP contribution in [0.3, 0.4) is 0 Å². The van der Waals surface area contributed by atoms with E-state index in [1.807, 2.05) is 0 Å². The van der Waals surface area contributed by atoms with Gasteiger partial charge in [-0.15, -0.1) is 0 Å². The smallest absolute Gasteiger partial charge is 0.220 e. The van der Waals surface area contributed by atoms with Crippen LogP contribution >= 0.6 is 0 Å². The third kappa shape index (κ3) is 4.30. The molecule has 0 saturated carbocycles. The van der Waals surface area contributed by atoms with Gasteiger partial charge in [-0.2, -0.15) is 0 Å². The zero-order valence-corrected chi connectivity index (χ0v) is 9.02. The molecule has 0 aromatic heterocycles. The summed E-state index contributed by atoms with van der Waals surface area (Å²) in [5, 5.41) is 3.00. The van der Waals surface area contributed by atoms with E-state index in [4.69, 9.17) is 0 Å². The van der Waals surface area contributed by atoms with E-state index in [1.54, 1.807) is 0 Å². The molecular weight excluding hydrogens is 162 g/mol. The lowest BCUT2D eigenvalue weighted by Gasteiger charge is -2.19. The summed E-state index contributed by atoms with van der Waals surface area (Å²) in [5.41, 5.74) is 0.433. The SMILES string of the molecule is CC(C)(C)CCCC1CCC(=O)N1. The highest BCUT2D eigenvalue weighted by atomic mass is 16.1. The first kappa shape index (κ1) is 10.6. The molecule has 1 aliphatic rings. The maximum Gasteiger partial charge on any atom is 0.220 e. The number of amides is 1. The van der Waals surface area contributed by atoms with Crippen LogP contribution in [0.4, 0.5) is 0 Å². The standard InChI is InChI=1S/C11H21NO/c1-11(2,3)8-4-5-9-6-7-10(13)12-9/h9H,4-8H2,1-3H3,(H,12,13). The van der Waals surface area contributed by atoms with Gasteiger partial charge in [-0.1, -0.05) is 27.2 Å². The summed E-state index contributed by atoms with van der Waals surface area (Å²) in [6, 6.07) is 0.467. The Morgan fingerprint density at radius 2 is 2.15 bits per heavy atom. The van der Waals surface area contributed by atoms with Crippen LogP contribution in [0.1, 0.15) is 52.9 Å². The van der Waals surface area contributed by atoms with Gasteiger partial charge in [0.05, 0.1) is 0 Å². The van der Waals surface area contributed by atoms with Gasteiger partial charge in [0.2, 0.25) is 5.91 Å². The summed E-state index contributed by atoms with van der Waals surface area (Å²) in [5.74, 6) is 0.237. The summed E-state index contributed by atoms with van der Waals surface area (Å²) in [6.07, 6.45) is 5.42. The molecule has 1 heterocycles. The summed E-state index contributed by atoms with van der Waals surface area (Å²) in [6.45, 7) is 6.79. The molecule has 1 amide bonds. The van der Waals surface area contributed by atoms with Gasteiger partial charge in [-0.3, -0.25) is 4.79 Å². The maximum atomic E-state index is 10.9. The minimum atomic E-state index is 0.237. The van der Waals surface area contributed by atoms with E-state index in [0.29, 0.717) is 11.5 Å². The Hall–Kier alpha value is -0.530. The van der Waals surface area contributed by atoms with Crippen molar-refractivity contribution in [2.45, 2.75) is 58.9 Å². The Morgan fingerprint density at radius 1 is 1.46 bits per heavy atom. The number of carbonyl (C=O) groups excluding carboxylic acids is 1. The second-order valence-electron chi connectivity index (χ2n) is 5.26. The predicted molar refractivity (Wildman–Crippen MR) is 54.5 cm³/mol. The summed E-state index contributed by atoms with van der Waals surface area (Å²) < 4.78 is 0. The van der Waals surface area contributed by atoms with E-state index in [-0.39, 0.29) is 5.91 Å². The topological polar surface area (TPSA) is 29.1 Å². The lowest BCUT2D eigenvalue weighted by atomic mass is 9.89. The molecule has 1 saturated heterocycles. The molecule has 0 aromatic carbocycles. The van der Waals surface area contributed by atoms with Crippen molar-refractivity contribution in [1.29, 1.82) is 0 Å². The number of hydrogen-bond acceptors (Lipinski definition) is 1. The van der Waals surface area contributed by atoms with Crippen LogP contribution in [-0.4, -0.2) is 11.9 Å². The normalized spacial score (nSPS) is 23.3. The van der Waals surface area contributed by atoms with Crippen LogP contribution < -0.4 is 5.32 Å². The molecule has 0 aliphatic carbocycles. The molecule has 1 aliphatic heterocycles. The summed E-state index contributed by atoms with van der Waals surface area (Å²) in [4.78, 5) is 10.9. The molecule has 1 atom stereocenters. The average Bonchev–Trinajstić information content (AvgIpc) is 2.33. The molecule has 13 heavy (non-hydrogen) atoms. The van der Waals surface area contributed by atoms with Gasteiger partial charge in [0.15, 0.2) is 0 Å². The number of rotatable bonds is 3. The third-order valence-corrected chi connectivity index (χ3v) is 2.56. The highest BCUT2D eigenvalue weighted by molar-refractivity contribution is 5.78. The zero-order chi connectivity index (χ0) is 9.90. The van der Waals surface area contributed by atoms with Crippen molar-refractivity contribution in [2.75, 3.05) is 0 Å². The van der Waals surface area contributed by atoms with Gasteiger partial charge >= 0.3 is 0 Å². The molecular formula is C11H21NO. The van der Waals surface area contributed by atoms with Crippen molar-refractivity contribution in [2.24, 2.45) is 5.41 Å². The van der Waals surface area contributed by atoms with Crippen molar-refractivity contribution < 1.29 is 4.79 Å². The molecule has 76 valence electrons. The van der Waals surface area contributed by atoms with Crippen LogP contribution in [0.2, 0.25) is 0 Å². The first-order valence-electron chi connectivity index (χ1n) is 5.27. The fraction of sp³-hybridized carbons (Fsp3) is 0.909. The van der Waals surface area contributed by atoms with Crippen LogP contribution in [0.5, 0.6) is 0 Å². The molecule has 2 nitrogen and oxygen atoms in total. The largest absolute Gasteiger partial charge is 0.353 e. The van der Waals surface area contributed by atoms with E-state index in [0.717, 1.165) is 19.3 Å². The van der Waals surface area contributed by atoms with E-state index in [1.165, 1.54) is 12.8 Å². The minimum Gasteiger partial charge on any atom is -0.353 e. The Bertz CT molecular complexity index is 181. The van der Waals surface area contributed by atoms with Crippen LogP contribution in [0.15, 0.2) is 0 Å². The predicted octanol–water partition coefficient (Wildman–Crippen LogP) is 2.48. The molecule has 0 bridgehead atoms.